The van der Waals surface area contributed by atoms with Crippen molar-refractivity contribution in [1.29, 1.82) is 0 Å². The summed E-state index contributed by atoms with van der Waals surface area (Å²) in [7, 11) is 4.65. The first-order valence-corrected chi connectivity index (χ1v) is 7.78. The number of benzene rings is 2. The van der Waals surface area contributed by atoms with Gasteiger partial charge in [-0.05, 0) is 30.2 Å². The summed E-state index contributed by atoms with van der Waals surface area (Å²) in [6.45, 7) is 2.21. The number of carbonyl (C=O) groups excluding carboxylic acids is 1. The van der Waals surface area contributed by atoms with Gasteiger partial charge in [-0.3, -0.25) is 0 Å². The first-order valence-electron chi connectivity index (χ1n) is 7.78. The molecule has 25 heavy (non-hydrogen) atoms. The molecule has 0 unspecified atom stereocenters. The summed E-state index contributed by atoms with van der Waals surface area (Å²) >= 11 is 0. The van der Waals surface area contributed by atoms with E-state index in [1.807, 2.05) is 31.2 Å². The second-order valence-corrected chi connectivity index (χ2v) is 5.32. The molecule has 0 N–H and O–H groups in total. The number of aryl methyl sites for hydroxylation is 1. The molecule has 2 aromatic carbocycles. The molecule has 5 heteroatoms. The van der Waals surface area contributed by atoms with Crippen LogP contribution in [0.5, 0.6) is 17.2 Å². The van der Waals surface area contributed by atoms with Crippen molar-refractivity contribution >= 4 is 12.0 Å². The van der Waals surface area contributed by atoms with Crippen molar-refractivity contribution in [3.05, 3.63) is 59.2 Å². The zero-order valence-corrected chi connectivity index (χ0v) is 14.9. The molecule has 5 nitrogen and oxygen atoms in total. The van der Waals surface area contributed by atoms with Crippen molar-refractivity contribution in [1.82, 2.24) is 0 Å². The Balaban J connectivity index is 2.10. The van der Waals surface area contributed by atoms with Crippen LogP contribution < -0.4 is 14.2 Å². The molecule has 0 spiro atoms. The molecule has 2 rings (SSSR count). The Kier molecular flexibility index (Phi) is 6.46. The topological polar surface area (TPSA) is 54.0 Å². The van der Waals surface area contributed by atoms with Crippen LogP contribution in [0, 0.1) is 6.92 Å². The van der Waals surface area contributed by atoms with Gasteiger partial charge in [0.15, 0.2) is 11.5 Å². The fourth-order valence-corrected chi connectivity index (χ4v) is 2.31. The summed E-state index contributed by atoms with van der Waals surface area (Å²) in [5.74, 6) is 1.25. The molecule has 0 atom stereocenters. The molecule has 0 saturated carbocycles. The fourth-order valence-electron chi connectivity index (χ4n) is 2.31. The third kappa shape index (κ3) is 4.76. The van der Waals surface area contributed by atoms with Gasteiger partial charge >= 0.3 is 5.97 Å². The third-order valence-corrected chi connectivity index (χ3v) is 3.77. The Bertz CT molecular complexity index is 765. The lowest BCUT2D eigenvalue weighted by Crippen LogP contribution is -2.02. The zero-order valence-electron chi connectivity index (χ0n) is 14.9. The Morgan fingerprint density at radius 2 is 1.60 bits per heavy atom. The molecular formula is C20H22O5. The third-order valence-electron chi connectivity index (χ3n) is 3.77. The lowest BCUT2D eigenvalue weighted by Gasteiger charge is -2.12. The highest BCUT2D eigenvalue weighted by molar-refractivity contribution is 5.87. The predicted molar refractivity (Wildman–Crippen MR) is 96.1 cm³/mol. The Morgan fingerprint density at radius 3 is 2.24 bits per heavy atom. The van der Waals surface area contributed by atoms with Crippen molar-refractivity contribution in [2.45, 2.75) is 13.5 Å². The van der Waals surface area contributed by atoms with Crippen LogP contribution in [-0.2, 0) is 16.1 Å². The van der Waals surface area contributed by atoms with Gasteiger partial charge in [0.1, 0.15) is 12.4 Å². The molecule has 2 aromatic rings. The van der Waals surface area contributed by atoms with Crippen molar-refractivity contribution < 1.29 is 23.7 Å². The summed E-state index contributed by atoms with van der Waals surface area (Å²) in [4.78, 5) is 12.0. The highest BCUT2D eigenvalue weighted by atomic mass is 16.5. The van der Waals surface area contributed by atoms with E-state index in [9.17, 15) is 4.79 Å². The summed E-state index contributed by atoms with van der Waals surface area (Å²) < 4.78 is 21.1. The van der Waals surface area contributed by atoms with Gasteiger partial charge < -0.3 is 18.9 Å². The normalized spacial score (nSPS) is 10.6. The van der Waals surface area contributed by atoms with Crippen LogP contribution in [0.1, 0.15) is 16.7 Å². The molecular weight excluding hydrogens is 320 g/mol. The first-order chi connectivity index (χ1) is 12.1. The summed E-state index contributed by atoms with van der Waals surface area (Å²) in [6, 6.07) is 11.2. The molecule has 0 aliphatic rings. The SMILES string of the molecule is COc1cc(OC)c(OC)cc1/C=C/C(=O)OCc1ccccc1C. The average Bonchev–Trinajstić information content (AvgIpc) is 2.64. The van der Waals surface area contributed by atoms with Crippen molar-refractivity contribution in [3.8, 4) is 17.2 Å². The average molecular weight is 342 g/mol. The molecule has 132 valence electrons. The maximum Gasteiger partial charge on any atom is 0.331 e. The number of ether oxygens (including phenoxy) is 4. The monoisotopic (exact) mass is 342 g/mol. The minimum Gasteiger partial charge on any atom is -0.496 e. The highest BCUT2D eigenvalue weighted by Crippen LogP contribution is 2.35. The van der Waals surface area contributed by atoms with E-state index < -0.39 is 5.97 Å². The van der Waals surface area contributed by atoms with E-state index in [1.165, 1.54) is 6.08 Å². The van der Waals surface area contributed by atoms with Crippen LogP contribution in [0.15, 0.2) is 42.5 Å². The van der Waals surface area contributed by atoms with E-state index in [0.29, 0.717) is 22.8 Å². The summed E-state index contributed by atoms with van der Waals surface area (Å²) in [5.41, 5.74) is 2.75. The van der Waals surface area contributed by atoms with Gasteiger partial charge in [-0.1, -0.05) is 24.3 Å². The number of carbonyl (C=O) groups is 1. The molecule has 0 aliphatic heterocycles. The fraction of sp³-hybridized carbons (Fsp3) is 0.250. The molecule has 0 amide bonds. The zero-order chi connectivity index (χ0) is 18.2. The van der Waals surface area contributed by atoms with Crippen LogP contribution in [-0.4, -0.2) is 27.3 Å². The first kappa shape index (κ1) is 18.4. The van der Waals surface area contributed by atoms with Gasteiger partial charge in [0.05, 0.1) is 21.3 Å². The van der Waals surface area contributed by atoms with E-state index in [-0.39, 0.29) is 6.61 Å². The van der Waals surface area contributed by atoms with Gasteiger partial charge in [-0.2, -0.15) is 0 Å². The Morgan fingerprint density at radius 1 is 0.960 bits per heavy atom. The van der Waals surface area contributed by atoms with Crippen LogP contribution in [0.2, 0.25) is 0 Å². The smallest absolute Gasteiger partial charge is 0.331 e. The molecule has 0 heterocycles. The van der Waals surface area contributed by atoms with Gasteiger partial charge in [-0.25, -0.2) is 4.79 Å². The lowest BCUT2D eigenvalue weighted by atomic mass is 10.1. The van der Waals surface area contributed by atoms with Crippen LogP contribution in [0.4, 0.5) is 0 Å². The maximum absolute atomic E-state index is 12.0. The van der Waals surface area contributed by atoms with Crippen LogP contribution in [0.3, 0.4) is 0 Å². The summed E-state index contributed by atoms with van der Waals surface area (Å²) in [5, 5.41) is 0. The molecule has 0 bridgehead atoms. The van der Waals surface area contributed by atoms with E-state index >= 15 is 0 Å². The maximum atomic E-state index is 12.0. The predicted octanol–water partition coefficient (Wildman–Crippen LogP) is 3.78. The Labute approximate surface area is 147 Å². The molecule has 0 aliphatic carbocycles. The summed E-state index contributed by atoms with van der Waals surface area (Å²) in [6.07, 6.45) is 2.99. The highest BCUT2D eigenvalue weighted by Gasteiger charge is 2.10. The Hall–Kier alpha value is -2.95. The van der Waals surface area contributed by atoms with Crippen molar-refractivity contribution in [2.75, 3.05) is 21.3 Å². The van der Waals surface area contributed by atoms with E-state index in [4.69, 9.17) is 18.9 Å². The number of rotatable bonds is 7. The van der Waals surface area contributed by atoms with Crippen LogP contribution >= 0.6 is 0 Å². The lowest BCUT2D eigenvalue weighted by molar-refractivity contribution is -0.138. The van der Waals surface area contributed by atoms with Gasteiger partial charge in [-0.15, -0.1) is 0 Å². The van der Waals surface area contributed by atoms with Gasteiger partial charge in [0.25, 0.3) is 0 Å². The number of hydrogen-bond donors (Lipinski definition) is 0. The second kappa shape index (κ2) is 8.78. The number of hydrogen-bond acceptors (Lipinski definition) is 5. The van der Waals surface area contributed by atoms with E-state index in [0.717, 1.165) is 11.1 Å². The van der Waals surface area contributed by atoms with E-state index in [1.54, 1.807) is 39.5 Å². The van der Waals surface area contributed by atoms with Crippen molar-refractivity contribution in [3.63, 3.8) is 0 Å². The van der Waals surface area contributed by atoms with Gasteiger partial charge in [0, 0.05) is 17.7 Å². The largest absolute Gasteiger partial charge is 0.496 e. The minimum absolute atomic E-state index is 0.235. The quantitative estimate of drug-likeness (QED) is 0.566. The molecule has 0 saturated heterocycles. The molecule has 0 radical (unpaired) electrons. The minimum atomic E-state index is -0.430. The second-order valence-electron chi connectivity index (χ2n) is 5.32. The molecule has 0 aromatic heterocycles. The van der Waals surface area contributed by atoms with Crippen LogP contribution in [0.25, 0.3) is 6.08 Å². The number of methoxy groups -OCH3 is 3. The van der Waals surface area contributed by atoms with Gasteiger partial charge in [0.2, 0.25) is 0 Å². The number of esters is 1. The standard InChI is InChI=1S/C20H22O5/c1-14-7-5-6-8-16(14)13-25-20(21)10-9-15-11-18(23-3)19(24-4)12-17(15)22-2/h5-12H,13H2,1-4H3/b10-9+. The van der Waals surface area contributed by atoms with Crippen molar-refractivity contribution in [2.24, 2.45) is 0 Å². The van der Waals surface area contributed by atoms with E-state index in [2.05, 4.69) is 0 Å². The molecule has 0 fully saturated rings.